The van der Waals surface area contributed by atoms with Crippen LogP contribution in [0.5, 0.6) is 0 Å². The molecule has 0 bridgehead atoms. The third kappa shape index (κ3) is 4.21. The van der Waals surface area contributed by atoms with Gasteiger partial charge in [-0.25, -0.2) is 4.79 Å². The molecule has 8 heteroatoms. The quantitative estimate of drug-likeness (QED) is 0.339. The zero-order valence-electron chi connectivity index (χ0n) is 14.4. The molecule has 0 saturated carbocycles. The van der Waals surface area contributed by atoms with Crippen molar-refractivity contribution in [3.8, 4) is 0 Å². The Kier molecular flexibility index (Phi) is 5.53. The maximum absolute atomic E-state index is 12.1. The molecular weight excluding hydrogens is 344 g/mol. The van der Waals surface area contributed by atoms with Crippen LogP contribution < -0.4 is 4.90 Å². The monoisotopic (exact) mass is 362 g/mol. The number of carbonyl (C=O) groups is 2. The average Bonchev–Trinajstić information content (AvgIpc) is 2.90. The van der Waals surface area contributed by atoms with E-state index in [0.717, 1.165) is 15.8 Å². The van der Waals surface area contributed by atoms with Gasteiger partial charge in [-0.3, -0.25) is 14.9 Å². The summed E-state index contributed by atoms with van der Waals surface area (Å²) < 4.78 is 5.02. The van der Waals surface area contributed by atoms with E-state index in [1.807, 2.05) is 13.8 Å². The fourth-order valence-electron chi connectivity index (χ4n) is 2.37. The second-order valence-corrected chi connectivity index (χ2v) is 7.14. The van der Waals surface area contributed by atoms with Gasteiger partial charge in [-0.05, 0) is 32.0 Å². The van der Waals surface area contributed by atoms with Crippen LogP contribution in [0.1, 0.15) is 30.5 Å². The van der Waals surface area contributed by atoms with Crippen LogP contribution in [0.4, 0.5) is 11.4 Å². The number of rotatable bonds is 6. The first-order chi connectivity index (χ1) is 11.7. The van der Waals surface area contributed by atoms with Gasteiger partial charge >= 0.3 is 5.97 Å². The molecule has 0 amide bonds. The number of nitrogens with zero attached hydrogens (tertiary/aromatic N) is 2. The molecule has 7 nitrogen and oxygen atoms in total. The fraction of sp³-hybridized carbons (Fsp3) is 0.294. The molecule has 0 atom stereocenters. The third-order valence-corrected chi connectivity index (χ3v) is 4.53. The first-order valence-corrected chi connectivity index (χ1v) is 8.25. The topological polar surface area (TPSA) is 89.8 Å². The predicted octanol–water partition coefficient (Wildman–Crippen LogP) is 3.38. The molecule has 132 valence electrons. The summed E-state index contributed by atoms with van der Waals surface area (Å²) >= 11 is 1.50. The Balaban J connectivity index is 2.13. The first-order valence-electron chi connectivity index (χ1n) is 7.44. The van der Waals surface area contributed by atoms with Crippen LogP contribution in [-0.2, 0) is 4.74 Å². The van der Waals surface area contributed by atoms with Gasteiger partial charge in [0.2, 0.25) is 5.78 Å². The zero-order chi connectivity index (χ0) is 18.7. The lowest BCUT2D eigenvalue weighted by Crippen LogP contribution is -2.15. The average molecular weight is 362 g/mol. The second kappa shape index (κ2) is 7.43. The lowest BCUT2D eigenvalue weighted by Gasteiger charge is -2.13. The third-order valence-electron chi connectivity index (χ3n) is 3.57. The van der Waals surface area contributed by atoms with Crippen molar-refractivity contribution in [3.63, 3.8) is 0 Å². The minimum atomic E-state index is -0.772. The van der Waals surface area contributed by atoms with Gasteiger partial charge in [-0.15, -0.1) is 11.3 Å². The molecule has 0 N–H and O–H groups in total. The highest BCUT2D eigenvalue weighted by Gasteiger charge is 2.21. The predicted molar refractivity (Wildman–Crippen MR) is 95.8 cm³/mol. The van der Waals surface area contributed by atoms with Crippen LogP contribution in [0.25, 0.3) is 0 Å². The number of anilines is 1. The van der Waals surface area contributed by atoms with Crippen molar-refractivity contribution in [2.45, 2.75) is 13.8 Å². The van der Waals surface area contributed by atoms with E-state index in [9.17, 15) is 19.7 Å². The fourth-order valence-corrected chi connectivity index (χ4v) is 3.32. The van der Waals surface area contributed by atoms with E-state index < -0.39 is 17.5 Å². The number of Topliss-reactive ketones (excluding diaryl/α,β-unsaturated/α-hetero) is 1. The lowest BCUT2D eigenvalue weighted by molar-refractivity contribution is -0.384. The Hall–Kier alpha value is -2.74. The number of benzene rings is 1. The minimum absolute atomic E-state index is 0.0309. The van der Waals surface area contributed by atoms with E-state index in [4.69, 9.17) is 4.74 Å². The van der Waals surface area contributed by atoms with Gasteiger partial charge in [0.1, 0.15) is 5.69 Å². The molecule has 0 aliphatic rings. The van der Waals surface area contributed by atoms with Gasteiger partial charge in [-0.2, -0.15) is 0 Å². The Morgan fingerprint density at radius 3 is 2.44 bits per heavy atom. The van der Waals surface area contributed by atoms with E-state index in [-0.39, 0.29) is 17.0 Å². The van der Waals surface area contributed by atoms with E-state index >= 15 is 0 Å². The smallest absolute Gasteiger partial charge is 0.338 e. The van der Waals surface area contributed by atoms with Crippen LogP contribution in [0.15, 0.2) is 24.3 Å². The van der Waals surface area contributed by atoms with E-state index in [2.05, 4.69) is 0 Å². The summed E-state index contributed by atoms with van der Waals surface area (Å²) in [7, 11) is 3.34. The van der Waals surface area contributed by atoms with Crippen molar-refractivity contribution in [1.82, 2.24) is 0 Å². The summed E-state index contributed by atoms with van der Waals surface area (Å²) in [4.78, 5) is 38.3. The molecule has 0 radical (unpaired) electrons. The molecule has 0 fully saturated rings. The Labute approximate surface area is 149 Å². The van der Waals surface area contributed by atoms with Crippen molar-refractivity contribution in [2.24, 2.45) is 0 Å². The van der Waals surface area contributed by atoms with Crippen LogP contribution in [-0.4, -0.2) is 37.4 Å². The molecule has 0 aliphatic heterocycles. The molecule has 2 rings (SSSR count). The van der Waals surface area contributed by atoms with Gasteiger partial charge in [-0.1, -0.05) is 0 Å². The van der Waals surface area contributed by atoms with Crippen molar-refractivity contribution < 1.29 is 19.2 Å². The molecule has 1 aromatic carbocycles. The Morgan fingerprint density at radius 2 is 1.92 bits per heavy atom. The number of aryl methyl sites for hydroxylation is 2. The maximum atomic E-state index is 12.1. The number of hydrogen-bond donors (Lipinski definition) is 0. The zero-order valence-corrected chi connectivity index (χ0v) is 15.2. The highest BCUT2D eigenvalue weighted by molar-refractivity contribution is 7.12. The maximum Gasteiger partial charge on any atom is 0.338 e. The molecule has 1 aromatic heterocycles. The highest BCUT2D eigenvalue weighted by atomic mass is 32.1. The van der Waals surface area contributed by atoms with Gasteiger partial charge in [0.15, 0.2) is 6.61 Å². The number of nitro groups is 1. The van der Waals surface area contributed by atoms with Crippen molar-refractivity contribution in [1.29, 1.82) is 0 Å². The number of ether oxygens (including phenoxy) is 1. The number of carbonyl (C=O) groups excluding carboxylic acids is 2. The van der Waals surface area contributed by atoms with Gasteiger partial charge in [0, 0.05) is 35.5 Å². The van der Waals surface area contributed by atoms with Crippen molar-refractivity contribution >= 4 is 34.5 Å². The molecule has 25 heavy (non-hydrogen) atoms. The van der Waals surface area contributed by atoms with Crippen LogP contribution in [0.3, 0.4) is 0 Å². The van der Waals surface area contributed by atoms with Gasteiger partial charge in [0.05, 0.1) is 10.5 Å². The molecule has 0 unspecified atom stereocenters. The van der Waals surface area contributed by atoms with Crippen LogP contribution in [0.2, 0.25) is 0 Å². The summed E-state index contributed by atoms with van der Waals surface area (Å²) in [5.41, 5.74) is 0.740. The highest BCUT2D eigenvalue weighted by Crippen LogP contribution is 2.28. The molecule has 2 aromatic rings. The normalized spacial score (nSPS) is 10.4. The molecule has 0 saturated heterocycles. The van der Waals surface area contributed by atoms with Crippen molar-refractivity contribution in [3.05, 3.63) is 55.3 Å². The molecule has 0 aliphatic carbocycles. The molecule has 1 heterocycles. The number of hydrogen-bond acceptors (Lipinski definition) is 7. The summed E-state index contributed by atoms with van der Waals surface area (Å²) in [5, 5.41) is 11.2. The molecular formula is C17H18N2O5S. The largest absolute Gasteiger partial charge is 0.454 e. The number of thiophene rings is 1. The van der Waals surface area contributed by atoms with Crippen LogP contribution in [0, 0.1) is 24.0 Å². The summed E-state index contributed by atoms with van der Waals surface area (Å²) in [6, 6.07) is 5.83. The SMILES string of the molecule is Cc1cc(C(=O)COC(=O)c2ccc(N(C)C)c([N+](=O)[O-])c2)c(C)s1. The van der Waals surface area contributed by atoms with E-state index in [1.54, 1.807) is 25.1 Å². The van der Waals surface area contributed by atoms with Crippen molar-refractivity contribution in [2.75, 3.05) is 25.6 Å². The Morgan fingerprint density at radius 1 is 1.24 bits per heavy atom. The van der Waals surface area contributed by atoms with Crippen LogP contribution >= 0.6 is 11.3 Å². The summed E-state index contributed by atoms with van der Waals surface area (Å²) in [5.74, 6) is -1.07. The van der Waals surface area contributed by atoms with Gasteiger partial charge in [0.25, 0.3) is 5.69 Å². The standard InChI is InChI=1S/C17H18N2O5S/c1-10-7-13(11(2)25-10)16(20)9-24-17(21)12-5-6-14(18(3)4)15(8-12)19(22)23/h5-8H,9H2,1-4H3. The van der Waals surface area contributed by atoms with E-state index in [1.165, 1.54) is 23.5 Å². The lowest BCUT2D eigenvalue weighted by atomic mass is 10.1. The van der Waals surface area contributed by atoms with E-state index in [0.29, 0.717) is 11.3 Å². The van der Waals surface area contributed by atoms with Gasteiger partial charge < -0.3 is 9.64 Å². The summed E-state index contributed by atoms with van der Waals surface area (Å²) in [6.07, 6.45) is 0. The Bertz CT molecular complexity index is 842. The number of ketones is 1. The molecule has 0 spiro atoms. The first kappa shape index (κ1) is 18.6. The number of esters is 1. The number of nitro benzene ring substituents is 1. The summed E-state index contributed by atoms with van der Waals surface area (Å²) in [6.45, 7) is 3.32. The second-order valence-electron chi connectivity index (χ2n) is 5.68. The minimum Gasteiger partial charge on any atom is -0.454 e.